The Hall–Kier alpha value is -3.42. The number of allylic oxidation sites excluding steroid dienone is 1. The van der Waals surface area contributed by atoms with Gasteiger partial charge in [0.25, 0.3) is 5.89 Å². The van der Waals surface area contributed by atoms with Crippen LogP contribution in [0, 0.1) is 6.92 Å². The first-order chi connectivity index (χ1) is 16.5. The van der Waals surface area contributed by atoms with Gasteiger partial charge >= 0.3 is 0 Å². The molecule has 170 valence electrons. The van der Waals surface area contributed by atoms with Crippen LogP contribution in [0.2, 0.25) is 0 Å². The van der Waals surface area contributed by atoms with Crippen LogP contribution in [0.1, 0.15) is 30.0 Å². The number of thiocarbonyl (C=S) groups is 1. The van der Waals surface area contributed by atoms with E-state index < -0.39 is 0 Å². The molecule has 1 atom stereocenters. The Morgan fingerprint density at radius 3 is 2.44 bits per heavy atom. The van der Waals surface area contributed by atoms with Crippen molar-refractivity contribution in [1.82, 2.24) is 15.5 Å². The number of thioether (sulfide) groups is 1. The van der Waals surface area contributed by atoms with Gasteiger partial charge in [0.05, 0.1) is 11.6 Å². The van der Waals surface area contributed by atoms with Crippen LogP contribution >= 0.6 is 24.0 Å². The number of benzene rings is 3. The Morgan fingerprint density at radius 1 is 0.971 bits per heavy atom. The number of para-hydroxylation sites is 1. The maximum atomic E-state index is 5.85. The fourth-order valence-corrected chi connectivity index (χ4v) is 4.96. The van der Waals surface area contributed by atoms with Crippen molar-refractivity contribution >= 4 is 40.4 Å². The van der Waals surface area contributed by atoms with Crippen molar-refractivity contribution in [3.8, 4) is 11.4 Å². The highest BCUT2D eigenvalue weighted by Crippen LogP contribution is 2.39. The molecule has 3 aromatic carbocycles. The predicted molar refractivity (Wildman–Crippen MR) is 143 cm³/mol. The molecule has 0 fully saturated rings. The van der Waals surface area contributed by atoms with Gasteiger partial charge in [0, 0.05) is 21.8 Å². The van der Waals surface area contributed by atoms with Crippen LogP contribution in [-0.2, 0) is 0 Å². The van der Waals surface area contributed by atoms with Gasteiger partial charge in [0.15, 0.2) is 5.11 Å². The van der Waals surface area contributed by atoms with E-state index in [1.807, 2.05) is 47.4 Å². The van der Waals surface area contributed by atoms with Gasteiger partial charge in [0.2, 0.25) is 5.82 Å². The highest BCUT2D eigenvalue weighted by atomic mass is 32.2. The van der Waals surface area contributed by atoms with Crippen molar-refractivity contribution < 1.29 is 4.52 Å². The SMILES string of the molecule is CSc1ccc(C2NC(=S)N(c3ccccc3)C(C)=C2c2nc(-c3cccc(C)c3)no2)cc1. The van der Waals surface area contributed by atoms with Crippen LogP contribution < -0.4 is 10.2 Å². The highest BCUT2D eigenvalue weighted by molar-refractivity contribution is 7.98. The zero-order valence-electron chi connectivity index (χ0n) is 19.1. The molecule has 1 unspecified atom stereocenters. The van der Waals surface area contributed by atoms with E-state index in [2.05, 4.69) is 67.0 Å². The Kier molecular flexibility index (Phi) is 6.22. The summed E-state index contributed by atoms with van der Waals surface area (Å²) >= 11 is 7.54. The smallest absolute Gasteiger partial charge is 0.258 e. The standard InChI is InChI=1S/C27H24N4OS2/c1-17-8-7-9-20(16-17)25-29-26(32-30-25)23-18(2)31(21-10-5-4-6-11-21)27(33)28-24(23)19-12-14-22(34-3)15-13-19/h4-16,24H,1-3H3,(H,28,33). The first kappa shape index (κ1) is 22.4. The van der Waals surface area contributed by atoms with E-state index in [0.717, 1.165) is 33.6 Å². The number of anilines is 1. The maximum Gasteiger partial charge on any atom is 0.258 e. The van der Waals surface area contributed by atoms with E-state index in [9.17, 15) is 0 Å². The average molecular weight is 485 g/mol. The minimum absolute atomic E-state index is 0.214. The molecule has 0 amide bonds. The average Bonchev–Trinajstić information content (AvgIpc) is 3.34. The molecule has 1 aliphatic heterocycles. The number of nitrogens with zero attached hydrogens (tertiary/aromatic N) is 3. The number of hydrogen-bond donors (Lipinski definition) is 1. The van der Waals surface area contributed by atoms with Gasteiger partial charge in [-0.3, -0.25) is 4.90 Å². The highest BCUT2D eigenvalue weighted by Gasteiger charge is 2.34. The van der Waals surface area contributed by atoms with E-state index in [0.29, 0.717) is 16.8 Å². The molecule has 5 nitrogen and oxygen atoms in total. The summed E-state index contributed by atoms with van der Waals surface area (Å²) in [5.74, 6) is 1.04. The molecular formula is C27H24N4OS2. The van der Waals surface area contributed by atoms with Gasteiger partial charge in [-0.1, -0.05) is 59.3 Å². The summed E-state index contributed by atoms with van der Waals surface area (Å²) in [6, 6.07) is 26.4. The summed E-state index contributed by atoms with van der Waals surface area (Å²) in [6.45, 7) is 4.10. The summed E-state index contributed by atoms with van der Waals surface area (Å²) in [4.78, 5) is 8.03. The molecule has 5 rings (SSSR count). The van der Waals surface area contributed by atoms with Crippen LogP contribution in [0.5, 0.6) is 0 Å². The van der Waals surface area contributed by atoms with Crippen LogP contribution in [0.3, 0.4) is 0 Å². The second-order valence-electron chi connectivity index (χ2n) is 8.12. The van der Waals surface area contributed by atoms with Crippen molar-refractivity contribution in [2.75, 3.05) is 11.2 Å². The lowest BCUT2D eigenvalue weighted by Crippen LogP contribution is -2.46. The Bertz CT molecular complexity index is 1360. The third kappa shape index (κ3) is 4.24. The van der Waals surface area contributed by atoms with Crippen molar-refractivity contribution in [1.29, 1.82) is 0 Å². The van der Waals surface area contributed by atoms with Crippen LogP contribution in [0.15, 0.2) is 94.0 Å². The Labute approximate surface area is 208 Å². The number of aryl methyl sites for hydroxylation is 1. The monoisotopic (exact) mass is 484 g/mol. The normalized spacial score (nSPS) is 16.0. The number of rotatable bonds is 5. The molecule has 0 bridgehead atoms. The Morgan fingerprint density at radius 2 is 1.74 bits per heavy atom. The van der Waals surface area contributed by atoms with E-state index in [1.54, 1.807) is 11.8 Å². The van der Waals surface area contributed by atoms with Gasteiger partial charge in [-0.15, -0.1) is 11.8 Å². The molecule has 1 aromatic heterocycles. The van der Waals surface area contributed by atoms with Crippen LogP contribution in [-0.4, -0.2) is 21.5 Å². The summed E-state index contributed by atoms with van der Waals surface area (Å²) in [5, 5.41) is 8.46. The number of hydrogen-bond acceptors (Lipinski definition) is 5. The van der Waals surface area contributed by atoms with E-state index in [1.165, 1.54) is 4.90 Å². The molecular weight excluding hydrogens is 460 g/mol. The van der Waals surface area contributed by atoms with E-state index in [-0.39, 0.29) is 6.04 Å². The fraction of sp³-hybridized carbons (Fsp3) is 0.148. The third-order valence-electron chi connectivity index (χ3n) is 5.88. The lowest BCUT2D eigenvalue weighted by molar-refractivity contribution is 0.404. The lowest BCUT2D eigenvalue weighted by Gasteiger charge is -2.37. The number of nitrogens with one attached hydrogen (secondary N) is 1. The first-order valence-electron chi connectivity index (χ1n) is 11.0. The molecule has 34 heavy (non-hydrogen) atoms. The zero-order valence-corrected chi connectivity index (χ0v) is 20.8. The summed E-state index contributed by atoms with van der Waals surface area (Å²) < 4.78 is 5.85. The topological polar surface area (TPSA) is 54.2 Å². The second kappa shape index (κ2) is 9.44. The molecule has 7 heteroatoms. The van der Waals surface area contributed by atoms with E-state index >= 15 is 0 Å². The first-order valence-corrected chi connectivity index (χ1v) is 12.6. The molecule has 0 saturated heterocycles. The molecule has 4 aromatic rings. The molecule has 0 radical (unpaired) electrons. The van der Waals surface area contributed by atoms with Crippen molar-refractivity contribution in [3.63, 3.8) is 0 Å². The van der Waals surface area contributed by atoms with Crippen molar-refractivity contribution in [3.05, 3.63) is 102 Å². The minimum Gasteiger partial charge on any atom is -0.351 e. The van der Waals surface area contributed by atoms with E-state index in [4.69, 9.17) is 21.7 Å². The summed E-state index contributed by atoms with van der Waals surface area (Å²) in [7, 11) is 0. The Balaban J connectivity index is 1.64. The van der Waals surface area contributed by atoms with Gasteiger partial charge < -0.3 is 9.84 Å². The predicted octanol–water partition coefficient (Wildman–Crippen LogP) is 6.63. The van der Waals surface area contributed by atoms with Gasteiger partial charge in [-0.2, -0.15) is 4.98 Å². The number of aromatic nitrogens is 2. The quantitative estimate of drug-likeness (QED) is 0.252. The molecule has 0 saturated carbocycles. The van der Waals surface area contributed by atoms with Crippen molar-refractivity contribution in [2.24, 2.45) is 0 Å². The zero-order chi connectivity index (χ0) is 23.7. The van der Waals surface area contributed by atoms with Crippen LogP contribution in [0.25, 0.3) is 17.0 Å². The molecule has 0 spiro atoms. The summed E-state index contributed by atoms with van der Waals surface area (Å²) in [5.41, 5.74) is 5.98. The molecule has 1 N–H and O–H groups in total. The summed E-state index contributed by atoms with van der Waals surface area (Å²) in [6.07, 6.45) is 2.07. The fourth-order valence-electron chi connectivity index (χ4n) is 4.19. The van der Waals surface area contributed by atoms with Gasteiger partial charge in [-0.25, -0.2) is 0 Å². The maximum absolute atomic E-state index is 5.85. The molecule has 0 aliphatic carbocycles. The van der Waals surface area contributed by atoms with Gasteiger partial charge in [-0.05, 0) is 68.2 Å². The van der Waals surface area contributed by atoms with Crippen LogP contribution in [0.4, 0.5) is 5.69 Å². The molecule has 1 aliphatic rings. The lowest BCUT2D eigenvalue weighted by atomic mass is 9.94. The minimum atomic E-state index is -0.214. The van der Waals surface area contributed by atoms with Gasteiger partial charge in [0.1, 0.15) is 0 Å². The molecule has 2 heterocycles. The second-order valence-corrected chi connectivity index (χ2v) is 9.38. The largest absolute Gasteiger partial charge is 0.351 e. The van der Waals surface area contributed by atoms with Crippen molar-refractivity contribution in [2.45, 2.75) is 24.8 Å². The third-order valence-corrected chi connectivity index (χ3v) is 6.93.